The van der Waals surface area contributed by atoms with Gasteiger partial charge in [0, 0.05) is 6.54 Å². The van der Waals surface area contributed by atoms with Crippen molar-refractivity contribution in [2.45, 2.75) is 59.6 Å². The summed E-state index contributed by atoms with van der Waals surface area (Å²) >= 11 is 0. The van der Waals surface area contributed by atoms with Gasteiger partial charge in [-0.15, -0.1) is 0 Å². The summed E-state index contributed by atoms with van der Waals surface area (Å²) in [6.07, 6.45) is -1.05. The average Bonchev–Trinajstić information content (AvgIpc) is 2.20. The molecular weight excluding hydrogens is 274 g/mol. The molecule has 21 heavy (non-hydrogen) atoms. The van der Waals surface area contributed by atoms with Crippen LogP contribution < -0.4 is 16.4 Å². The Morgan fingerprint density at radius 3 is 2.00 bits per heavy atom. The molecule has 0 rings (SSSR count). The molecule has 0 aromatic carbocycles. The SMILES string of the molecule is CC(C)(C)CNC(=O)C(CC(N)=O)NC(=O)OC(C)(C)C. The number of primary amides is 1. The van der Waals surface area contributed by atoms with E-state index in [-0.39, 0.29) is 11.8 Å². The van der Waals surface area contributed by atoms with Gasteiger partial charge in [-0.05, 0) is 26.2 Å². The molecule has 1 unspecified atom stereocenters. The molecule has 4 N–H and O–H groups in total. The lowest BCUT2D eigenvalue weighted by molar-refractivity contribution is -0.127. The highest BCUT2D eigenvalue weighted by Gasteiger charge is 2.26. The predicted octanol–water partition coefficient (Wildman–Crippen LogP) is 0.917. The van der Waals surface area contributed by atoms with E-state index in [0.717, 1.165) is 0 Å². The van der Waals surface area contributed by atoms with Crippen LogP contribution in [0.1, 0.15) is 48.0 Å². The largest absolute Gasteiger partial charge is 0.444 e. The fraction of sp³-hybridized carbons (Fsp3) is 0.786. The molecule has 122 valence electrons. The smallest absolute Gasteiger partial charge is 0.408 e. The fourth-order valence-electron chi connectivity index (χ4n) is 1.34. The van der Waals surface area contributed by atoms with Gasteiger partial charge in [0.05, 0.1) is 6.42 Å². The molecule has 7 heteroatoms. The van der Waals surface area contributed by atoms with Gasteiger partial charge in [0.1, 0.15) is 11.6 Å². The van der Waals surface area contributed by atoms with E-state index in [1.165, 1.54) is 0 Å². The Hall–Kier alpha value is -1.79. The Labute approximate surface area is 126 Å². The molecule has 0 saturated heterocycles. The third-order valence-corrected chi connectivity index (χ3v) is 2.21. The maximum absolute atomic E-state index is 12.0. The minimum atomic E-state index is -1.04. The standard InChI is InChI=1S/C14H27N3O4/c1-13(2,3)8-16-11(19)9(7-10(15)18)17-12(20)21-14(4,5)6/h9H,7-8H2,1-6H3,(H2,15,18)(H,16,19)(H,17,20). The lowest BCUT2D eigenvalue weighted by atomic mass is 9.97. The maximum atomic E-state index is 12.0. The lowest BCUT2D eigenvalue weighted by Gasteiger charge is -2.24. The van der Waals surface area contributed by atoms with Gasteiger partial charge in [0.25, 0.3) is 0 Å². The van der Waals surface area contributed by atoms with Crippen molar-refractivity contribution in [3.63, 3.8) is 0 Å². The number of rotatable bonds is 5. The predicted molar refractivity (Wildman–Crippen MR) is 79.4 cm³/mol. The second-order valence-electron chi connectivity index (χ2n) is 7.15. The van der Waals surface area contributed by atoms with Crippen molar-refractivity contribution in [3.05, 3.63) is 0 Å². The Morgan fingerprint density at radius 1 is 1.10 bits per heavy atom. The molecule has 0 radical (unpaired) electrons. The Bertz CT molecular complexity index is 394. The summed E-state index contributed by atoms with van der Waals surface area (Å²) in [7, 11) is 0. The molecule has 0 saturated carbocycles. The number of amides is 3. The van der Waals surface area contributed by atoms with Crippen LogP contribution in [0.4, 0.5) is 4.79 Å². The third kappa shape index (κ3) is 10.6. The van der Waals surface area contributed by atoms with Crippen LogP contribution in [0.2, 0.25) is 0 Å². The molecule has 1 atom stereocenters. The zero-order valence-corrected chi connectivity index (χ0v) is 13.7. The zero-order chi connectivity index (χ0) is 16.8. The van der Waals surface area contributed by atoms with Gasteiger partial charge in [-0.2, -0.15) is 0 Å². The molecule has 0 heterocycles. The number of nitrogens with two attached hydrogens (primary N) is 1. The van der Waals surface area contributed by atoms with Gasteiger partial charge < -0.3 is 21.1 Å². The van der Waals surface area contributed by atoms with E-state index in [9.17, 15) is 14.4 Å². The van der Waals surface area contributed by atoms with E-state index < -0.39 is 29.6 Å². The monoisotopic (exact) mass is 301 g/mol. The number of carbonyl (C=O) groups is 3. The summed E-state index contributed by atoms with van der Waals surface area (Å²) in [6, 6.07) is -1.04. The van der Waals surface area contributed by atoms with Gasteiger partial charge in [-0.3, -0.25) is 9.59 Å². The first-order chi connectivity index (χ1) is 9.30. The minimum Gasteiger partial charge on any atom is -0.444 e. The number of hydrogen-bond acceptors (Lipinski definition) is 4. The van der Waals surface area contributed by atoms with Crippen molar-refractivity contribution in [1.82, 2.24) is 10.6 Å². The van der Waals surface area contributed by atoms with Gasteiger partial charge in [-0.1, -0.05) is 20.8 Å². The van der Waals surface area contributed by atoms with Crippen molar-refractivity contribution < 1.29 is 19.1 Å². The highest BCUT2D eigenvalue weighted by molar-refractivity contribution is 5.90. The summed E-state index contributed by atoms with van der Waals surface area (Å²) < 4.78 is 5.06. The lowest BCUT2D eigenvalue weighted by Crippen LogP contribution is -2.51. The fourth-order valence-corrected chi connectivity index (χ4v) is 1.34. The molecule has 0 fully saturated rings. The molecule has 7 nitrogen and oxygen atoms in total. The Balaban J connectivity index is 4.68. The van der Waals surface area contributed by atoms with Crippen LogP contribution in [0.15, 0.2) is 0 Å². The van der Waals surface area contributed by atoms with Crippen molar-refractivity contribution in [2.24, 2.45) is 11.1 Å². The summed E-state index contributed by atoms with van der Waals surface area (Å²) in [5.74, 6) is -1.14. The van der Waals surface area contributed by atoms with Gasteiger partial charge in [-0.25, -0.2) is 4.79 Å². The van der Waals surface area contributed by atoms with Crippen LogP contribution in [-0.4, -0.2) is 36.1 Å². The van der Waals surface area contributed by atoms with Crippen LogP contribution in [0.5, 0.6) is 0 Å². The van der Waals surface area contributed by atoms with Crippen molar-refractivity contribution >= 4 is 17.9 Å². The molecule has 0 aromatic rings. The van der Waals surface area contributed by atoms with E-state index in [1.54, 1.807) is 20.8 Å². The van der Waals surface area contributed by atoms with Crippen LogP contribution in [0, 0.1) is 5.41 Å². The zero-order valence-electron chi connectivity index (χ0n) is 13.7. The van der Waals surface area contributed by atoms with Crippen molar-refractivity contribution in [1.29, 1.82) is 0 Å². The third-order valence-electron chi connectivity index (χ3n) is 2.21. The van der Waals surface area contributed by atoms with Crippen LogP contribution >= 0.6 is 0 Å². The first-order valence-electron chi connectivity index (χ1n) is 6.86. The van der Waals surface area contributed by atoms with E-state index in [4.69, 9.17) is 10.5 Å². The molecular formula is C14H27N3O4. The summed E-state index contributed by atoms with van der Waals surface area (Å²) in [5, 5.41) is 5.05. The maximum Gasteiger partial charge on any atom is 0.408 e. The average molecular weight is 301 g/mol. The second-order valence-corrected chi connectivity index (χ2v) is 7.15. The highest BCUT2D eigenvalue weighted by Crippen LogP contribution is 2.11. The van der Waals surface area contributed by atoms with Gasteiger partial charge >= 0.3 is 6.09 Å². The number of alkyl carbamates (subject to hydrolysis) is 1. The minimum absolute atomic E-state index is 0.112. The molecule has 0 aromatic heterocycles. The normalized spacial score (nSPS) is 13.2. The van der Waals surface area contributed by atoms with Crippen LogP contribution in [-0.2, 0) is 14.3 Å². The number of carbonyl (C=O) groups excluding carboxylic acids is 3. The summed E-state index contributed by atoms with van der Waals surface area (Å²) in [5.41, 5.74) is 4.30. The molecule has 0 spiro atoms. The van der Waals surface area contributed by atoms with Gasteiger partial charge in [0.2, 0.25) is 11.8 Å². The number of hydrogen-bond donors (Lipinski definition) is 3. The second kappa shape index (κ2) is 7.28. The molecule has 0 aliphatic heterocycles. The van der Waals surface area contributed by atoms with E-state index in [2.05, 4.69) is 10.6 Å². The van der Waals surface area contributed by atoms with Crippen molar-refractivity contribution in [2.75, 3.05) is 6.54 Å². The topological polar surface area (TPSA) is 111 Å². The van der Waals surface area contributed by atoms with Crippen LogP contribution in [0.3, 0.4) is 0 Å². The van der Waals surface area contributed by atoms with Gasteiger partial charge in [0.15, 0.2) is 0 Å². The first kappa shape index (κ1) is 19.2. The van der Waals surface area contributed by atoms with E-state index in [1.807, 2.05) is 20.8 Å². The Kier molecular flexibility index (Phi) is 6.66. The van der Waals surface area contributed by atoms with Crippen molar-refractivity contribution in [3.8, 4) is 0 Å². The molecule has 3 amide bonds. The molecule has 0 bridgehead atoms. The molecule has 0 aliphatic carbocycles. The summed E-state index contributed by atoms with van der Waals surface area (Å²) in [6.45, 7) is 11.4. The Morgan fingerprint density at radius 2 is 1.62 bits per heavy atom. The molecule has 0 aliphatic rings. The highest BCUT2D eigenvalue weighted by atomic mass is 16.6. The number of nitrogens with one attached hydrogen (secondary N) is 2. The number of ether oxygens (including phenoxy) is 1. The van der Waals surface area contributed by atoms with E-state index in [0.29, 0.717) is 6.54 Å². The van der Waals surface area contributed by atoms with E-state index >= 15 is 0 Å². The quantitative estimate of drug-likeness (QED) is 0.701. The van der Waals surface area contributed by atoms with Crippen LogP contribution in [0.25, 0.3) is 0 Å². The summed E-state index contributed by atoms with van der Waals surface area (Å²) in [4.78, 5) is 34.8. The first-order valence-corrected chi connectivity index (χ1v) is 6.86.